The number of nitrogens with zero attached hydrogens (tertiary/aromatic N) is 3. The summed E-state index contributed by atoms with van der Waals surface area (Å²) in [7, 11) is 0. The van der Waals surface area contributed by atoms with Crippen molar-refractivity contribution in [3.8, 4) is 5.88 Å². The van der Waals surface area contributed by atoms with Gasteiger partial charge in [-0.15, -0.1) is 11.3 Å². The van der Waals surface area contributed by atoms with E-state index in [0.29, 0.717) is 17.0 Å². The Balaban J connectivity index is 2.02. The molecule has 3 rings (SSSR count). The lowest BCUT2D eigenvalue weighted by Gasteiger charge is -2.28. The third-order valence-electron chi connectivity index (χ3n) is 3.09. The number of thiazole rings is 1. The van der Waals surface area contributed by atoms with E-state index in [2.05, 4.69) is 9.97 Å². The molecule has 1 aliphatic rings. The van der Waals surface area contributed by atoms with E-state index in [1.54, 1.807) is 19.2 Å². The molecule has 22 heavy (non-hydrogen) atoms. The second kappa shape index (κ2) is 5.24. The van der Waals surface area contributed by atoms with Crippen LogP contribution in [-0.4, -0.2) is 29.0 Å². The summed E-state index contributed by atoms with van der Waals surface area (Å²) >= 11 is 0.403. The minimum atomic E-state index is -4.61. The molecule has 0 saturated carbocycles. The molecule has 0 aliphatic carbocycles. The predicted octanol–water partition coefficient (Wildman–Crippen LogP) is 2.90. The van der Waals surface area contributed by atoms with Gasteiger partial charge in [0.2, 0.25) is 5.88 Å². The zero-order chi connectivity index (χ0) is 15.9. The van der Waals surface area contributed by atoms with Crippen molar-refractivity contribution < 1.29 is 22.7 Å². The quantitative estimate of drug-likeness (QED) is 0.807. The molecule has 9 heteroatoms. The molecule has 0 N–H and O–H groups in total. The Morgan fingerprint density at radius 1 is 1.41 bits per heavy atom. The number of hydrogen-bond acceptors (Lipinski definition) is 5. The number of aryl methyl sites for hydroxylation is 1. The number of aromatic nitrogens is 2. The minimum Gasteiger partial charge on any atom is -0.474 e. The lowest BCUT2D eigenvalue weighted by molar-refractivity contribution is -0.134. The molecule has 0 saturated heterocycles. The van der Waals surface area contributed by atoms with Gasteiger partial charge in [0.1, 0.15) is 17.2 Å². The van der Waals surface area contributed by atoms with Gasteiger partial charge >= 0.3 is 6.18 Å². The van der Waals surface area contributed by atoms with E-state index < -0.39 is 22.7 Å². The first kappa shape index (κ1) is 14.8. The standard InChI is InChI=1S/C13H10F3N3O2S/c1-7-4-8-11(17-5-7)21-3-2-19(8)12(20)9-10(13(14,15)16)22-6-18-9/h4-6H,2-3H2,1H3. The van der Waals surface area contributed by atoms with Crippen molar-refractivity contribution in [3.05, 3.63) is 33.9 Å². The van der Waals surface area contributed by atoms with Gasteiger partial charge in [0.05, 0.1) is 12.1 Å². The number of fused-ring (bicyclic) bond motifs is 1. The van der Waals surface area contributed by atoms with Crippen molar-refractivity contribution in [2.75, 3.05) is 18.1 Å². The van der Waals surface area contributed by atoms with Crippen molar-refractivity contribution >= 4 is 22.9 Å². The van der Waals surface area contributed by atoms with Crippen LogP contribution in [0.3, 0.4) is 0 Å². The summed E-state index contributed by atoms with van der Waals surface area (Å²) in [6.45, 7) is 2.08. The summed E-state index contributed by atoms with van der Waals surface area (Å²) in [6.07, 6.45) is -3.04. The molecular formula is C13H10F3N3O2S. The maximum atomic E-state index is 12.9. The highest BCUT2D eigenvalue weighted by Gasteiger charge is 2.40. The number of pyridine rings is 1. The first-order chi connectivity index (χ1) is 10.4. The molecular weight excluding hydrogens is 319 g/mol. The average Bonchev–Trinajstić information content (AvgIpc) is 2.95. The van der Waals surface area contributed by atoms with Gasteiger partial charge < -0.3 is 4.74 Å². The van der Waals surface area contributed by atoms with Gasteiger partial charge in [-0.1, -0.05) is 0 Å². The van der Waals surface area contributed by atoms with Crippen LogP contribution in [0.4, 0.5) is 18.9 Å². The molecule has 0 fully saturated rings. The normalized spacial score (nSPS) is 14.5. The topological polar surface area (TPSA) is 55.3 Å². The average molecular weight is 329 g/mol. The Labute approximate surface area is 127 Å². The number of halogens is 3. The van der Waals surface area contributed by atoms with Crippen LogP contribution in [0.25, 0.3) is 0 Å². The molecule has 0 radical (unpaired) electrons. The molecule has 0 atom stereocenters. The van der Waals surface area contributed by atoms with E-state index in [-0.39, 0.29) is 19.0 Å². The van der Waals surface area contributed by atoms with Crippen LogP contribution in [0.1, 0.15) is 20.9 Å². The van der Waals surface area contributed by atoms with Crippen molar-refractivity contribution in [2.45, 2.75) is 13.1 Å². The summed E-state index contributed by atoms with van der Waals surface area (Å²) in [5, 5.41) is 0. The Morgan fingerprint density at radius 3 is 2.91 bits per heavy atom. The van der Waals surface area contributed by atoms with Gasteiger partial charge in [-0.3, -0.25) is 9.69 Å². The van der Waals surface area contributed by atoms with Gasteiger partial charge in [-0.25, -0.2) is 9.97 Å². The highest BCUT2D eigenvalue weighted by molar-refractivity contribution is 7.10. The molecule has 1 aliphatic heterocycles. The summed E-state index contributed by atoms with van der Waals surface area (Å²) < 4.78 is 44.1. The molecule has 1 amide bonds. The highest BCUT2D eigenvalue weighted by Crippen LogP contribution is 2.37. The number of amides is 1. The smallest absolute Gasteiger partial charge is 0.427 e. The monoisotopic (exact) mass is 329 g/mol. The first-order valence-corrected chi connectivity index (χ1v) is 7.18. The van der Waals surface area contributed by atoms with E-state index in [9.17, 15) is 18.0 Å². The lowest BCUT2D eigenvalue weighted by atomic mass is 10.2. The summed E-state index contributed by atoms with van der Waals surface area (Å²) in [6, 6.07) is 1.65. The number of anilines is 1. The second-order valence-electron chi connectivity index (χ2n) is 4.67. The molecule has 116 valence electrons. The maximum Gasteiger partial charge on any atom is 0.427 e. The number of carbonyl (C=O) groups is 1. The number of hydrogen-bond donors (Lipinski definition) is 0. The van der Waals surface area contributed by atoms with Crippen LogP contribution < -0.4 is 9.64 Å². The third-order valence-corrected chi connectivity index (χ3v) is 3.96. The molecule has 2 aromatic rings. The van der Waals surface area contributed by atoms with Crippen molar-refractivity contribution in [1.82, 2.24) is 9.97 Å². The molecule has 5 nitrogen and oxygen atoms in total. The van der Waals surface area contributed by atoms with Crippen LogP contribution in [0.5, 0.6) is 5.88 Å². The Morgan fingerprint density at radius 2 is 2.18 bits per heavy atom. The van der Waals surface area contributed by atoms with E-state index >= 15 is 0 Å². The van der Waals surface area contributed by atoms with Crippen LogP contribution in [0.2, 0.25) is 0 Å². The molecule has 0 spiro atoms. The van der Waals surface area contributed by atoms with Crippen molar-refractivity contribution in [1.29, 1.82) is 0 Å². The Kier molecular flexibility index (Phi) is 3.51. The molecule has 0 bridgehead atoms. The zero-order valence-electron chi connectivity index (χ0n) is 11.3. The number of alkyl halides is 3. The Hall–Kier alpha value is -2.16. The largest absolute Gasteiger partial charge is 0.474 e. The van der Waals surface area contributed by atoms with Crippen molar-refractivity contribution in [3.63, 3.8) is 0 Å². The molecule has 2 aromatic heterocycles. The number of carbonyl (C=O) groups excluding carboxylic acids is 1. The summed E-state index contributed by atoms with van der Waals surface area (Å²) in [5.41, 5.74) is 1.56. The highest BCUT2D eigenvalue weighted by atomic mass is 32.1. The number of rotatable bonds is 1. The second-order valence-corrected chi connectivity index (χ2v) is 5.52. The molecule has 3 heterocycles. The van der Waals surface area contributed by atoms with Gasteiger partial charge in [0.25, 0.3) is 5.91 Å². The Bertz CT molecular complexity index is 730. The molecule has 0 unspecified atom stereocenters. The summed E-state index contributed by atoms with van der Waals surface area (Å²) in [4.78, 5) is 20.4. The van der Waals surface area contributed by atoms with E-state index in [1.165, 1.54) is 4.90 Å². The van der Waals surface area contributed by atoms with Crippen LogP contribution in [0.15, 0.2) is 17.8 Å². The van der Waals surface area contributed by atoms with E-state index in [1.807, 2.05) is 0 Å². The fourth-order valence-electron chi connectivity index (χ4n) is 2.14. The maximum absolute atomic E-state index is 12.9. The third kappa shape index (κ3) is 2.52. The van der Waals surface area contributed by atoms with Crippen LogP contribution in [-0.2, 0) is 6.18 Å². The fourth-order valence-corrected chi connectivity index (χ4v) is 2.79. The first-order valence-electron chi connectivity index (χ1n) is 6.30. The van der Waals surface area contributed by atoms with E-state index in [4.69, 9.17) is 4.74 Å². The van der Waals surface area contributed by atoms with Crippen LogP contribution >= 0.6 is 11.3 Å². The number of ether oxygens (including phenoxy) is 1. The van der Waals surface area contributed by atoms with Crippen molar-refractivity contribution in [2.24, 2.45) is 0 Å². The minimum absolute atomic E-state index is 0.145. The summed E-state index contributed by atoms with van der Waals surface area (Å²) in [5.74, 6) is -0.570. The zero-order valence-corrected chi connectivity index (χ0v) is 12.2. The predicted molar refractivity (Wildman–Crippen MR) is 73.3 cm³/mol. The van der Waals surface area contributed by atoms with E-state index in [0.717, 1.165) is 11.1 Å². The SMILES string of the molecule is Cc1cnc2c(c1)N(C(=O)c1ncsc1C(F)(F)F)CCO2. The van der Waals surface area contributed by atoms with Gasteiger partial charge in [0, 0.05) is 6.20 Å². The molecule has 0 aromatic carbocycles. The van der Waals surface area contributed by atoms with Gasteiger partial charge in [-0.2, -0.15) is 13.2 Å². The fraction of sp³-hybridized carbons (Fsp3) is 0.308. The van der Waals surface area contributed by atoms with Gasteiger partial charge in [-0.05, 0) is 18.6 Å². The van der Waals surface area contributed by atoms with Crippen LogP contribution in [0, 0.1) is 6.92 Å². The van der Waals surface area contributed by atoms with Gasteiger partial charge in [0.15, 0.2) is 5.69 Å². The lowest BCUT2D eigenvalue weighted by Crippen LogP contribution is -2.39.